The topological polar surface area (TPSA) is 59.1 Å². The van der Waals surface area contributed by atoms with E-state index in [2.05, 4.69) is 20.6 Å². The first-order valence-electron chi connectivity index (χ1n) is 5.29. The third-order valence-electron chi connectivity index (χ3n) is 1.75. The van der Waals surface area contributed by atoms with E-state index in [1.807, 2.05) is 27.7 Å². The lowest BCUT2D eigenvalue weighted by molar-refractivity contribution is 0.397. The predicted octanol–water partition coefficient (Wildman–Crippen LogP) is 1.88. The highest BCUT2D eigenvalue weighted by Crippen LogP contribution is 2.11. The minimum absolute atomic E-state index is 0.0992. The number of rotatable bonds is 2. The lowest BCUT2D eigenvalue weighted by Crippen LogP contribution is -2.43. The van der Waals surface area contributed by atoms with Gasteiger partial charge in [0.05, 0.1) is 7.11 Å². The fraction of sp³-hybridized carbons (Fsp3) is 0.545. The van der Waals surface area contributed by atoms with Crippen LogP contribution in [-0.2, 0) is 0 Å². The average molecular weight is 254 g/mol. The smallest absolute Gasteiger partial charge is 0.232 e. The number of hydrogen-bond donors (Lipinski definition) is 2. The molecule has 0 radical (unpaired) electrons. The molecule has 94 valence electrons. The molecule has 1 rings (SSSR count). The molecule has 0 spiro atoms. The van der Waals surface area contributed by atoms with Crippen molar-refractivity contribution >= 4 is 23.3 Å². The molecule has 0 aliphatic rings. The van der Waals surface area contributed by atoms with E-state index in [9.17, 15) is 0 Å². The Kier molecular flexibility index (Phi) is 4.22. The van der Waals surface area contributed by atoms with Gasteiger partial charge in [0.1, 0.15) is 0 Å². The molecule has 0 saturated heterocycles. The summed E-state index contributed by atoms with van der Waals surface area (Å²) >= 11 is 5.16. The second-order valence-corrected chi connectivity index (χ2v) is 5.11. The molecule has 0 atom stereocenters. The lowest BCUT2D eigenvalue weighted by Gasteiger charge is -2.22. The number of hydrogen-bond acceptors (Lipinski definition) is 4. The van der Waals surface area contributed by atoms with Gasteiger partial charge in [-0.2, -0.15) is 4.98 Å². The zero-order chi connectivity index (χ0) is 13.1. The Morgan fingerprint density at radius 2 is 2.00 bits per heavy atom. The highest BCUT2D eigenvalue weighted by Gasteiger charge is 2.12. The van der Waals surface area contributed by atoms with Crippen molar-refractivity contribution in [2.45, 2.75) is 33.2 Å². The molecule has 0 bridgehead atoms. The maximum atomic E-state index is 5.16. The molecule has 6 heteroatoms. The number of ether oxygens (including phenoxy) is 1. The molecule has 1 heterocycles. The Hall–Kier alpha value is -1.43. The van der Waals surface area contributed by atoms with E-state index in [0.29, 0.717) is 16.9 Å². The molecule has 0 aliphatic heterocycles. The quantitative estimate of drug-likeness (QED) is 0.786. The Morgan fingerprint density at radius 1 is 1.35 bits per heavy atom. The molecular weight excluding hydrogens is 236 g/mol. The summed E-state index contributed by atoms with van der Waals surface area (Å²) in [6.45, 7) is 7.95. The number of methoxy groups -OCH3 is 1. The van der Waals surface area contributed by atoms with Gasteiger partial charge in [0.25, 0.3) is 0 Å². The van der Waals surface area contributed by atoms with Gasteiger partial charge in [0.2, 0.25) is 11.8 Å². The Morgan fingerprint density at radius 3 is 2.53 bits per heavy atom. The van der Waals surface area contributed by atoms with Gasteiger partial charge in [-0.15, -0.1) is 0 Å². The summed E-state index contributed by atoms with van der Waals surface area (Å²) in [5, 5.41) is 6.55. The molecule has 5 nitrogen and oxygen atoms in total. The largest absolute Gasteiger partial charge is 0.481 e. The van der Waals surface area contributed by atoms with Gasteiger partial charge in [0.15, 0.2) is 5.11 Å². The normalized spacial score (nSPS) is 10.9. The molecule has 0 amide bonds. The van der Waals surface area contributed by atoms with Crippen molar-refractivity contribution in [2.75, 3.05) is 12.4 Å². The van der Waals surface area contributed by atoms with Crippen molar-refractivity contribution in [2.24, 2.45) is 0 Å². The predicted molar refractivity (Wildman–Crippen MR) is 72.4 cm³/mol. The van der Waals surface area contributed by atoms with Crippen LogP contribution in [0.1, 0.15) is 26.5 Å². The van der Waals surface area contributed by atoms with Gasteiger partial charge in [-0.05, 0) is 39.9 Å². The summed E-state index contributed by atoms with van der Waals surface area (Å²) in [6.07, 6.45) is 0. The van der Waals surface area contributed by atoms with Crippen molar-refractivity contribution in [1.82, 2.24) is 15.3 Å². The van der Waals surface area contributed by atoms with Gasteiger partial charge in [0, 0.05) is 17.3 Å². The standard InChI is InChI=1S/C11H18N4OS/c1-7-6-8(16-5)13-9(12-7)14-10(17)15-11(2,3)4/h6H,1-5H3,(H2,12,13,14,15,17). The van der Waals surface area contributed by atoms with Crippen molar-refractivity contribution in [3.05, 3.63) is 11.8 Å². The third-order valence-corrected chi connectivity index (χ3v) is 1.96. The van der Waals surface area contributed by atoms with E-state index in [0.717, 1.165) is 5.69 Å². The summed E-state index contributed by atoms with van der Waals surface area (Å²) in [7, 11) is 1.57. The number of anilines is 1. The first-order chi connectivity index (χ1) is 7.80. The first kappa shape index (κ1) is 13.6. The highest BCUT2D eigenvalue weighted by atomic mass is 32.1. The number of nitrogens with one attached hydrogen (secondary N) is 2. The summed E-state index contributed by atoms with van der Waals surface area (Å²) in [6, 6.07) is 1.76. The van der Waals surface area contributed by atoms with E-state index in [-0.39, 0.29) is 5.54 Å². The van der Waals surface area contributed by atoms with Gasteiger partial charge < -0.3 is 15.4 Å². The number of thiocarbonyl (C=S) groups is 1. The van der Waals surface area contributed by atoms with E-state index in [4.69, 9.17) is 17.0 Å². The molecular formula is C11H18N4OS. The van der Waals surface area contributed by atoms with Crippen LogP contribution in [-0.4, -0.2) is 27.7 Å². The molecule has 1 aromatic heterocycles. The van der Waals surface area contributed by atoms with Crippen LogP contribution in [0, 0.1) is 6.92 Å². The Bertz CT molecular complexity index is 414. The summed E-state index contributed by atoms with van der Waals surface area (Å²) in [5.41, 5.74) is 0.718. The van der Waals surface area contributed by atoms with Crippen molar-refractivity contribution < 1.29 is 4.74 Å². The fourth-order valence-electron chi connectivity index (χ4n) is 1.17. The minimum atomic E-state index is -0.0992. The second-order valence-electron chi connectivity index (χ2n) is 4.70. The highest BCUT2D eigenvalue weighted by molar-refractivity contribution is 7.80. The average Bonchev–Trinajstić information content (AvgIpc) is 2.13. The van der Waals surface area contributed by atoms with Gasteiger partial charge >= 0.3 is 0 Å². The summed E-state index contributed by atoms with van der Waals surface area (Å²) in [5.74, 6) is 0.946. The molecule has 0 aromatic carbocycles. The van der Waals surface area contributed by atoms with Crippen LogP contribution >= 0.6 is 12.2 Å². The van der Waals surface area contributed by atoms with Crippen LogP contribution in [0.4, 0.5) is 5.95 Å². The monoisotopic (exact) mass is 254 g/mol. The molecule has 1 aromatic rings. The summed E-state index contributed by atoms with van der Waals surface area (Å²) in [4.78, 5) is 8.37. The summed E-state index contributed by atoms with van der Waals surface area (Å²) < 4.78 is 5.06. The Balaban J connectivity index is 2.74. The van der Waals surface area contributed by atoms with Crippen LogP contribution < -0.4 is 15.4 Å². The SMILES string of the molecule is COc1cc(C)nc(NC(=S)NC(C)(C)C)n1. The van der Waals surface area contributed by atoms with Crippen LogP contribution in [0.15, 0.2) is 6.07 Å². The van der Waals surface area contributed by atoms with Crippen LogP contribution in [0.5, 0.6) is 5.88 Å². The maximum absolute atomic E-state index is 5.16. The van der Waals surface area contributed by atoms with E-state index in [1.54, 1.807) is 13.2 Å². The maximum Gasteiger partial charge on any atom is 0.232 e. The second kappa shape index (κ2) is 5.27. The molecule has 2 N–H and O–H groups in total. The molecule has 0 saturated carbocycles. The number of aryl methyl sites for hydroxylation is 1. The van der Waals surface area contributed by atoms with Crippen LogP contribution in [0.2, 0.25) is 0 Å². The molecule has 0 fully saturated rings. The lowest BCUT2D eigenvalue weighted by atomic mass is 10.1. The molecule has 0 unspecified atom stereocenters. The fourth-order valence-corrected chi connectivity index (χ4v) is 1.57. The zero-order valence-corrected chi connectivity index (χ0v) is 11.6. The zero-order valence-electron chi connectivity index (χ0n) is 10.8. The van der Waals surface area contributed by atoms with Crippen molar-refractivity contribution in [3.8, 4) is 5.88 Å². The van der Waals surface area contributed by atoms with Crippen molar-refractivity contribution in [1.29, 1.82) is 0 Å². The van der Waals surface area contributed by atoms with Gasteiger partial charge in [-0.3, -0.25) is 0 Å². The third kappa shape index (κ3) is 4.95. The van der Waals surface area contributed by atoms with Gasteiger partial charge in [-0.25, -0.2) is 4.98 Å². The van der Waals surface area contributed by atoms with E-state index < -0.39 is 0 Å². The number of aromatic nitrogens is 2. The Labute approximate surface area is 107 Å². The first-order valence-corrected chi connectivity index (χ1v) is 5.70. The van der Waals surface area contributed by atoms with Gasteiger partial charge in [-0.1, -0.05) is 0 Å². The van der Waals surface area contributed by atoms with Crippen molar-refractivity contribution in [3.63, 3.8) is 0 Å². The van der Waals surface area contributed by atoms with Crippen LogP contribution in [0.3, 0.4) is 0 Å². The number of nitrogens with zero attached hydrogens (tertiary/aromatic N) is 2. The molecule has 17 heavy (non-hydrogen) atoms. The minimum Gasteiger partial charge on any atom is -0.481 e. The van der Waals surface area contributed by atoms with Crippen LogP contribution in [0.25, 0.3) is 0 Å². The molecule has 0 aliphatic carbocycles. The van der Waals surface area contributed by atoms with E-state index >= 15 is 0 Å². The van der Waals surface area contributed by atoms with E-state index in [1.165, 1.54) is 0 Å².